The van der Waals surface area contributed by atoms with Gasteiger partial charge in [0, 0.05) is 0 Å². The Kier molecular flexibility index (Phi) is 11.5. The minimum atomic E-state index is -4.12. The van der Waals surface area contributed by atoms with Crippen molar-refractivity contribution in [3.05, 3.63) is 0 Å². The average molecular weight is 236 g/mol. The summed E-state index contributed by atoms with van der Waals surface area (Å²) in [5.74, 6) is 1.02. The molecule has 0 aliphatic carbocycles. The van der Waals surface area contributed by atoms with E-state index in [9.17, 15) is 9.46 Å². The van der Waals surface area contributed by atoms with Crippen molar-refractivity contribution in [2.24, 2.45) is 0 Å². The molecule has 6 heteroatoms. The van der Waals surface area contributed by atoms with Gasteiger partial charge in [-0.2, -0.15) is 5.26 Å². The number of nitriles is 1. The molecule has 0 spiro atoms. The van der Waals surface area contributed by atoms with Gasteiger partial charge in [0.15, 0.2) is 0 Å². The third-order valence-corrected chi connectivity index (χ3v) is 2.76. The maximum absolute atomic E-state index is 10.0. The summed E-state index contributed by atoms with van der Waals surface area (Å²) in [6.07, 6.45) is 0. The van der Waals surface area contributed by atoms with Gasteiger partial charge in [-0.3, -0.25) is 4.57 Å². The molecule has 0 bridgehead atoms. The van der Waals surface area contributed by atoms with Gasteiger partial charge < -0.3 is 14.3 Å². The maximum atomic E-state index is 10.0. The van der Waals surface area contributed by atoms with E-state index in [4.69, 9.17) is 5.26 Å². The van der Waals surface area contributed by atoms with E-state index in [1.807, 2.05) is 0 Å². The highest BCUT2D eigenvalue weighted by Crippen LogP contribution is 2.33. The average Bonchev–Trinajstić information content (AvgIpc) is 2.21. The number of hydrogen-bond donors (Lipinski definition) is 1. The fourth-order valence-corrected chi connectivity index (χ4v) is 1.35. The third-order valence-electron chi connectivity index (χ3n) is 1.92. The summed E-state index contributed by atoms with van der Waals surface area (Å²) in [7, 11) is -4.12. The quantitative estimate of drug-likeness (QED) is 0.681. The summed E-state index contributed by atoms with van der Waals surface area (Å²) in [6, 6.07) is 0. The lowest BCUT2D eigenvalue weighted by Gasteiger charge is -2.11. The van der Waals surface area contributed by atoms with Crippen LogP contribution in [0.4, 0.5) is 0 Å². The van der Waals surface area contributed by atoms with Crippen molar-refractivity contribution in [3.8, 4) is 5.81 Å². The van der Waals surface area contributed by atoms with Crippen LogP contribution in [0.15, 0.2) is 0 Å². The number of quaternary nitrogens is 1. The van der Waals surface area contributed by atoms with E-state index >= 15 is 0 Å². The number of nitrogens with one attached hydrogen (secondary N) is 1. The van der Waals surface area contributed by atoms with Crippen LogP contribution in [0.25, 0.3) is 0 Å². The lowest BCUT2D eigenvalue weighted by molar-refractivity contribution is -0.894. The molecule has 0 aliphatic heterocycles. The van der Waals surface area contributed by atoms with E-state index in [2.05, 4.69) is 25.3 Å². The molecule has 0 aromatic rings. The molecule has 0 heterocycles. The van der Waals surface area contributed by atoms with Crippen LogP contribution in [-0.2, 0) is 9.09 Å². The van der Waals surface area contributed by atoms with E-state index in [-0.39, 0.29) is 6.61 Å². The molecule has 0 amide bonds. The normalized spacial score (nSPS) is 13.7. The Morgan fingerprint density at radius 2 is 1.67 bits per heavy atom. The lowest BCUT2D eigenvalue weighted by Crippen LogP contribution is -3.11. The first-order valence-corrected chi connectivity index (χ1v) is 6.72. The van der Waals surface area contributed by atoms with Crippen molar-refractivity contribution >= 4 is 7.60 Å². The van der Waals surface area contributed by atoms with Crippen molar-refractivity contribution in [2.75, 3.05) is 26.2 Å². The molecule has 0 aliphatic rings. The van der Waals surface area contributed by atoms with Crippen molar-refractivity contribution in [1.29, 1.82) is 5.26 Å². The van der Waals surface area contributed by atoms with Crippen molar-refractivity contribution in [3.63, 3.8) is 0 Å². The largest absolute Gasteiger partial charge is 0.767 e. The van der Waals surface area contributed by atoms with Crippen LogP contribution in [-0.4, -0.2) is 26.2 Å². The fraction of sp³-hybridized carbons (Fsp3) is 0.889. The summed E-state index contributed by atoms with van der Waals surface area (Å²) in [5, 5.41) is 7.77. The Morgan fingerprint density at radius 1 is 1.27 bits per heavy atom. The summed E-state index contributed by atoms with van der Waals surface area (Å²) < 4.78 is 14.1. The van der Waals surface area contributed by atoms with Crippen molar-refractivity contribution < 1.29 is 18.9 Å². The molecule has 0 aromatic carbocycles. The predicted molar refractivity (Wildman–Crippen MR) is 57.4 cm³/mol. The van der Waals surface area contributed by atoms with E-state index in [1.165, 1.54) is 26.6 Å². The van der Waals surface area contributed by atoms with Gasteiger partial charge in [-0.1, -0.05) is 0 Å². The first-order valence-electron chi connectivity index (χ1n) is 5.17. The molecule has 1 unspecified atom stereocenters. The summed E-state index contributed by atoms with van der Waals surface area (Å²) in [5.41, 5.74) is 0. The Morgan fingerprint density at radius 3 is 1.73 bits per heavy atom. The molecule has 1 atom stereocenters. The topological polar surface area (TPSA) is 77.6 Å². The van der Waals surface area contributed by atoms with Gasteiger partial charge in [0.25, 0.3) is 0 Å². The SMILES string of the molecule is CCOP(=O)([O-])C#N.CC[NH+](CC)CC. The van der Waals surface area contributed by atoms with Crippen LogP contribution in [0, 0.1) is 11.1 Å². The molecule has 0 saturated heterocycles. The summed E-state index contributed by atoms with van der Waals surface area (Å²) in [6.45, 7) is 12.0. The smallest absolute Gasteiger partial charge is 0.235 e. The second kappa shape index (κ2) is 10.1. The van der Waals surface area contributed by atoms with Crippen molar-refractivity contribution in [2.45, 2.75) is 27.7 Å². The first kappa shape index (κ1) is 17.0. The van der Waals surface area contributed by atoms with Gasteiger partial charge in [-0.05, 0) is 27.7 Å². The van der Waals surface area contributed by atoms with Crippen LogP contribution in [0.1, 0.15) is 27.7 Å². The second-order valence-corrected chi connectivity index (χ2v) is 4.28. The Labute approximate surface area is 92.2 Å². The molecule has 90 valence electrons. The Balaban J connectivity index is 0. The zero-order valence-corrected chi connectivity index (χ0v) is 10.8. The number of rotatable bonds is 5. The Hall–Kier alpha value is -0.400. The predicted octanol–water partition coefficient (Wildman–Crippen LogP) is -0.0116. The van der Waals surface area contributed by atoms with E-state index in [0.29, 0.717) is 0 Å². The number of nitrogens with zero attached hydrogens (tertiary/aromatic N) is 1. The van der Waals surface area contributed by atoms with Gasteiger partial charge in [-0.15, -0.1) is 0 Å². The van der Waals surface area contributed by atoms with E-state index < -0.39 is 7.60 Å². The summed E-state index contributed by atoms with van der Waals surface area (Å²) in [4.78, 5) is 11.7. The zero-order valence-electron chi connectivity index (χ0n) is 9.95. The molecule has 0 saturated carbocycles. The van der Waals surface area contributed by atoms with Gasteiger partial charge >= 0.3 is 0 Å². The van der Waals surface area contributed by atoms with E-state index in [1.54, 1.807) is 4.90 Å². The van der Waals surface area contributed by atoms with Gasteiger partial charge in [-0.25, -0.2) is 0 Å². The standard InChI is InChI=1S/C6H15N.C3H6NO3P/c1-4-7(5-2)6-3;1-2-7-8(5,6)3-4/h4-6H2,1-3H3;2H2,1H3,(H,5,6). The first-order chi connectivity index (χ1) is 6.97. The fourth-order valence-electron chi connectivity index (χ4n) is 0.949. The number of hydrogen-bond acceptors (Lipinski definition) is 4. The monoisotopic (exact) mass is 236 g/mol. The highest BCUT2D eigenvalue weighted by molar-refractivity contribution is 7.56. The lowest BCUT2D eigenvalue weighted by atomic mass is 10.5. The highest BCUT2D eigenvalue weighted by atomic mass is 31.2. The molecule has 5 nitrogen and oxygen atoms in total. The van der Waals surface area contributed by atoms with Gasteiger partial charge in [0.1, 0.15) is 5.81 Å². The molecular weight excluding hydrogens is 215 g/mol. The maximum Gasteiger partial charge on any atom is 0.235 e. The van der Waals surface area contributed by atoms with Crippen LogP contribution < -0.4 is 9.79 Å². The second-order valence-electron chi connectivity index (χ2n) is 2.83. The van der Waals surface area contributed by atoms with Gasteiger partial charge in [0.2, 0.25) is 7.60 Å². The van der Waals surface area contributed by atoms with Crippen LogP contribution in [0.5, 0.6) is 0 Å². The van der Waals surface area contributed by atoms with Crippen LogP contribution in [0.3, 0.4) is 0 Å². The summed E-state index contributed by atoms with van der Waals surface area (Å²) >= 11 is 0. The third kappa shape index (κ3) is 11.5. The molecule has 0 rings (SSSR count). The molecule has 0 aromatic heterocycles. The Bertz CT molecular complexity index is 218. The molecular formula is C9H21N2O3P. The zero-order chi connectivity index (χ0) is 12.3. The van der Waals surface area contributed by atoms with Crippen LogP contribution >= 0.6 is 7.60 Å². The molecule has 0 radical (unpaired) electrons. The van der Waals surface area contributed by atoms with E-state index in [0.717, 1.165) is 5.81 Å². The molecule has 0 fully saturated rings. The van der Waals surface area contributed by atoms with Gasteiger partial charge in [0.05, 0.1) is 26.2 Å². The van der Waals surface area contributed by atoms with Crippen LogP contribution in [0.2, 0.25) is 0 Å². The minimum absolute atomic E-state index is 0.0222. The molecule has 1 N–H and O–H groups in total. The minimum Gasteiger partial charge on any atom is -0.767 e. The highest BCUT2D eigenvalue weighted by Gasteiger charge is 2.01. The molecule has 15 heavy (non-hydrogen) atoms. The van der Waals surface area contributed by atoms with Crippen molar-refractivity contribution in [1.82, 2.24) is 0 Å².